The predicted octanol–water partition coefficient (Wildman–Crippen LogP) is 3.48. The summed E-state index contributed by atoms with van der Waals surface area (Å²) in [6, 6.07) is 10.9. The maximum Gasteiger partial charge on any atom is 0.287 e. The van der Waals surface area contributed by atoms with Gasteiger partial charge >= 0.3 is 0 Å². The van der Waals surface area contributed by atoms with Gasteiger partial charge in [-0.15, -0.1) is 11.3 Å². The molecular weight excluding hydrogens is 342 g/mol. The molecule has 0 saturated carbocycles. The molecule has 8 heteroatoms. The molecule has 0 bridgehead atoms. The molecular formula is C17H13N3O4S. The average Bonchev–Trinajstić information content (AvgIpc) is 3.38. The molecule has 0 aliphatic heterocycles. The van der Waals surface area contributed by atoms with Gasteiger partial charge in [-0.1, -0.05) is 23.4 Å². The van der Waals surface area contributed by atoms with Gasteiger partial charge in [-0.2, -0.15) is 4.98 Å². The van der Waals surface area contributed by atoms with Crippen LogP contribution >= 0.6 is 11.3 Å². The first-order valence-electron chi connectivity index (χ1n) is 7.46. The SMILES string of the molecule is COc1cccc2cc(C(=O)NCc3nc(-c4cccs4)no3)oc12. The third-order valence-electron chi connectivity index (χ3n) is 3.56. The second kappa shape index (κ2) is 6.40. The highest BCUT2D eigenvalue weighted by Crippen LogP contribution is 2.28. The van der Waals surface area contributed by atoms with Crippen molar-refractivity contribution in [1.82, 2.24) is 15.5 Å². The third kappa shape index (κ3) is 2.99. The van der Waals surface area contributed by atoms with Gasteiger partial charge in [0, 0.05) is 5.39 Å². The number of para-hydroxylation sites is 1. The zero-order chi connectivity index (χ0) is 17.2. The molecule has 0 saturated heterocycles. The number of hydrogen-bond donors (Lipinski definition) is 1. The lowest BCUT2D eigenvalue weighted by atomic mass is 10.2. The lowest BCUT2D eigenvalue weighted by molar-refractivity contribution is 0.0920. The minimum absolute atomic E-state index is 0.116. The van der Waals surface area contributed by atoms with Gasteiger partial charge in [0.1, 0.15) is 0 Å². The van der Waals surface area contributed by atoms with Gasteiger partial charge in [0.2, 0.25) is 11.7 Å². The van der Waals surface area contributed by atoms with Gasteiger partial charge in [-0.05, 0) is 23.6 Å². The molecule has 3 heterocycles. The van der Waals surface area contributed by atoms with E-state index in [-0.39, 0.29) is 18.2 Å². The van der Waals surface area contributed by atoms with Crippen LogP contribution in [0.1, 0.15) is 16.4 Å². The van der Waals surface area contributed by atoms with Crippen LogP contribution in [0.4, 0.5) is 0 Å². The molecule has 0 fully saturated rings. The molecule has 0 spiro atoms. The Labute approximate surface area is 146 Å². The third-order valence-corrected chi connectivity index (χ3v) is 4.43. The highest BCUT2D eigenvalue weighted by molar-refractivity contribution is 7.13. The number of methoxy groups -OCH3 is 1. The summed E-state index contributed by atoms with van der Waals surface area (Å²) in [5, 5.41) is 9.33. The lowest BCUT2D eigenvalue weighted by Crippen LogP contribution is -2.22. The fourth-order valence-electron chi connectivity index (χ4n) is 2.38. The van der Waals surface area contributed by atoms with Crippen molar-refractivity contribution in [3.63, 3.8) is 0 Å². The van der Waals surface area contributed by atoms with E-state index in [4.69, 9.17) is 13.7 Å². The van der Waals surface area contributed by atoms with E-state index in [1.165, 1.54) is 11.3 Å². The molecule has 25 heavy (non-hydrogen) atoms. The molecule has 126 valence electrons. The minimum Gasteiger partial charge on any atom is -0.493 e. The summed E-state index contributed by atoms with van der Waals surface area (Å²) in [6.45, 7) is 0.116. The Morgan fingerprint density at radius 3 is 3.04 bits per heavy atom. The van der Waals surface area contributed by atoms with Crippen molar-refractivity contribution in [2.24, 2.45) is 0 Å². The normalized spacial score (nSPS) is 10.9. The second-order valence-corrected chi connectivity index (χ2v) is 6.11. The summed E-state index contributed by atoms with van der Waals surface area (Å²) >= 11 is 1.52. The molecule has 0 aliphatic rings. The lowest BCUT2D eigenvalue weighted by Gasteiger charge is -1.99. The van der Waals surface area contributed by atoms with E-state index < -0.39 is 0 Å². The van der Waals surface area contributed by atoms with Gasteiger partial charge in [-0.25, -0.2) is 0 Å². The maximum atomic E-state index is 12.3. The number of nitrogens with one attached hydrogen (secondary N) is 1. The Bertz CT molecular complexity index is 1020. The molecule has 1 amide bonds. The van der Waals surface area contributed by atoms with Gasteiger partial charge in [0.05, 0.1) is 18.5 Å². The van der Waals surface area contributed by atoms with E-state index in [1.54, 1.807) is 19.2 Å². The summed E-state index contributed by atoms with van der Waals surface area (Å²) in [6.07, 6.45) is 0. The number of fused-ring (bicyclic) bond motifs is 1. The molecule has 4 aromatic rings. The largest absolute Gasteiger partial charge is 0.493 e. The predicted molar refractivity (Wildman–Crippen MR) is 91.5 cm³/mol. The van der Waals surface area contributed by atoms with E-state index in [1.807, 2.05) is 29.6 Å². The number of hydrogen-bond acceptors (Lipinski definition) is 7. The van der Waals surface area contributed by atoms with Crippen LogP contribution in [0.3, 0.4) is 0 Å². The topological polar surface area (TPSA) is 90.4 Å². The second-order valence-electron chi connectivity index (χ2n) is 5.16. The van der Waals surface area contributed by atoms with Crippen LogP contribution in [0, 0.1) is 0 Å². The van der Waals surface area contributed by atoms with Gasteiger partial charge in [-0.3, -0.25) is 4.79 Å². The number of thiophene rings is 1. The number of carbonyl (C=O) groups excluding carboxylic acids is 1. The highest BCUT2D eigenvalue weighted by atomic mass is 32.1. The summed E-state index contributed by atoms with van der Waals surface area (Å²) in [4.78, 5) is 17.5. The Hall–Kier alpha value is -3.13. The van der Waals surface area contributed by atoms with Crippen molar-refractivity contribution < 1.29 is 18.5 Å². The Kier molecular flexibility index (Phi) is 3.95. The summed E-state index contributed by atoms with van der Waals surface area (Å²) in [5.41, 5.74) is 0.535. The monoisotopic (exact) mass is 355 g/mol. The Morgan fingerprint density at radius 2 is 2.24 bits per heavy atom. The number of furan rings is 1. The van der Waals surface area contributed by atoms with Crippen LogP contribution in [0.5, 0.6) is 5.75 Å². The first-order valence-corrected chi connectivity index (χ1v) is 8.34. The van der Waals surface area contributed by atoms with E-state index in [9.17, 15) is 4.79 Å². The molecule has 0 unspecified atom stereocenters. The quantitative estimate of drug-likeness (QED) is 0.589. The van der Waals surface area contributed by atoms with E-state index in [2.05, 4.69) is 15.5 Å². The molecule has 7 nitrogen and oxygen atoms in total. The number of ether oxygens (including phenoxy) is 1. The fraction of sp³-hybridized carbons (Fsp3) is 0.118. The average molecular weight is 355 g/mol. The van der Waals surface area contributed by atoms with Gasteiger partial charge in [0.15, 0.2) is 17.1 Å². The molecule has 0 atom stereocenters. The summed E-state index contributed by atoms with van der Waals surface area (Å²) in [7, 11) is 1.55. The standard InChI is InChI=1S/C17H13N3O4S/c1-22-11-5-2-4-10-8-12(23-15(10)11)17(21)18-9-14-19-16(20-24-14)13-6-3-7-25-13/h2-8H,9H2,1H3,(H,18,21). The van der Waals surface area contributed by atoms with Gasteiger partial charge < -0.3 is 19.0 Å². The fourth-order valence-corrected chi connectivity index (χ4v) is 3.03. The van der Waals surface area contributed by atoms with Crippen molar-refractivity contribution in [3.8, 4) is 16.5 Å². The molecule has 0 aliphatic carbocycles. The first-order chi connectivity index (χ1) is 12.2. The number of rotatable bonds is 5. The highest BCUT2D eigenvalue weighted by Gasteiger charge is 2.16. The van der Waals surface area contributed by atoms with E-state index in [0.29, 0.717) is 23.0 Å². The smallest absolute Gasteiger partial charge is 0.287 e. The van der Waals surface area contributed by atoms with Gasteiger partial charge in [0.25, 0.3) is 5.91 Å². The molecule has 3 aromatic heterocycles. The minimum atomic E-state index is -0.367. The molecule has 0 radical (unpaired) electrons. The van der Waals surface area contributed by atoms with Crippen molar-refractivity contribution in [1.29, 1.82) is 0 Å². The van der Waals surface area contributed by atoms with Crippen LogP contribution < -0.4 is 10.1 Å². The molecule has 1 aromatic carbocycles. The van der Waals surface area contributed by atoms with Crippen LogP contribution in [-0.2, 0) is 6.54 Å². The molecule has 4 rings (SSSR count). The first kappa shape index (κ1) is 15.4. The number of carbonyl (C=O) groups is 1. The number of amides is 1. The van der Waals surface area contributed by atoms with Crippen molar-refractivity contribution in [3.05, 3.63) is 53.4 Å². The zero-order valence-electron chi connectivity index (χ0n) is 13.2. The Morgan fingerprint density at radius 1 is 1.32 bits per heavy atom. The number of nitrogens with zero attached hydrogens (tertiary/aromatic N) is 2. The van der Waals surface area contributed by atoms with Crippen LogP contribution in [0.15, 0.2) is 50.7 Å². The summed E-state index contributed by atoms with van der Waals surface area (Å²) in [5.74, 6) is 1.24. The van der Waals surface area contributed by atoms with E-state index in [0.717, 1.165) is 10.3 Å². The van der Waals surface area contributed by atoms with Crippen molar-refractivity contribution >= 4 is 28.2 Å². The van der Waals surface area contributed by atoms with Crippen molar-refractivity contribution in [2.45, 2.75) is 6.54 Å². The van der Waals surface area contributed by atoms with E-state index >= 15 is 0 Å². The van der Waals surface area contributed by atoms with Crippen LogP contribution in [0.2, 0.25) is 0 Å². The van der Waals surface area contributed by atoms with Crippen LogP contribution in [0.25, 0.3) is 21.7 Å². The number of aromatic nitrogens is 2. The van der Waals surface area contributed by atoms with Crippen LogP contribution in [-0.4, -0.2) is 23.2 Å². The zero-order valence-corrected chi connectivity index (χ0v) is 14.0. The maximum absolute atomic E-state index is 12.3. The van der Waals surface area contributed by atoms with Crippen molar-refractivity contribution in [2.75, 3.05) is 7.11 Å². The molecule has 1 N–H and O–H groups in total. The number of benzene rings is 1. The Balaban J connectivity index is 1.47. The summed E-state index contributed by atoms with van der Waals surface area (Å²) < 4.78 is 16.0.